The van der Waals surface area contributed by atoms with Crippen molar-refractivity contribution in [1.29, 1.82) is 0 Å². The number of aromatic nitrogens is 1. The van der Waals surface area contributed by atoms with Crippen molar-refractivity contribution in [3.63, 3.8) is 0 Å². The Morgan fingerprint density at radius 3 is 2.65 bits per heavy atom. The summed E-state index contributed by atoms with van der Waals surface area (Å²) in [6.07, 6.45) is 0. The number of benzene rings is 2. The molecule has 0 radical (unpaired) electrons. The van der Waals surface area contributed by atoms with Gasteiger partial charge in [0.15, 0.2) is 5.58 Å². The van der Waals surface area contributed by atoms with Crippen molar-refractivity contribution in [3.05, 3.63) is 47.5 Å². The molecule has 1 heterocycles. The summed E-state index contributed by atoms with van der Waals surface area (Å²) in [4.78, 5) is 0. The molecule has 3 rings (SSSR count). The lowest BCUT2D eigenvalue weighted by molar-refractivity contribution is 0.451. The standard InChI is InChI=1S/C13H8ClNO2/c14-10-6-9-12(7-11(10)16)17-15-13(9)8-4-2-1-3-5-8/h1-7,16H. The van der Waals surface area contributed by atoms with Gasteiger partial charge in [-0.1, -0.05) is 47.1 Å². The second kappa shape index (κ2) is 3.79. The number of hydrogen-bond acceptors (Lipinski definition) is 3. The van der Waals surface area contributed by atoms with Crippen molar-refractivity contribution >= 4 is 22.6 Å². The predicted molar refractivity (Wildman–Crippen MR) is 66.1 cm³/mol. The lowest BCUT2D eigenvalue weighted by Crippen LogP contribution is -1.77. The number of hydrogen-bond donors (Lipinski definition) is 1. The van der Waals surface area contributed by atoms with E-state index in [1.807, 2.05) is 30.3 Å². The molecule has 0 unspecified atom stereocenters. The van der Waals surface area contributed by atoms with Gasteiger partial charge in [-0.05, 0) is 6.07 Å². The second-order valence-electron chi connectivity index (χ2n) is 3.70. The van der Waals surface area contributed by atoms with E-state index in [0.29, 0.717) is 5.58 Å². The van der Waals surface area contributed by atoms with E-state index in [4.69, 9.17) is 16.1 Å². The predicted octanol–water partition coefficient (Wildman–Crippen LogP) is 3.85. The summed E-state index contributed by atoms with van der Waals surface area (Å²) in [5.41, 5.74) is 2.20. The van der Waals surface area contributed by atoms with Crippen LogP contribution in [0.4, 0.5) is 0 Å². The molecule has 0 atom stereocenters. The van der Waals surface area contributed by atoms with E-state index in [-0.39, 0.29) is 10.8 Å². The molecule has 0 saturated heterocycles. The molecule has 0 aliphatic heterocycles. The van der Waals surface area contributed by atoms with Gasteiger partial charge in [0.1, 0.15) is 11.4 Å². The summed E-state index contributed by atoms with van der Waals surface area (Å²) in [7, 11) is 0. The van der Waals surface area contributed by atoms with E-state index in [1.54, 1.807) is 6.07 Å². The third-order valence-electron chi connectivity index (χ3n) is 2.59. The van der Waals surface area contributed by atoms with Crippen molar-refractivity contribution < 1.29 is 9.63 Å². The maximum absolute atomic E-state index is 9.48. The molecule has 0 fully saturated rings. The Hall–Kier alpha value is -2.00. The fourth-order valence-corrected chi connectivity index (χ4v) is 1.92. The molecule has 0 amide bonds. The van der Waals surface area contributed by atoms with E-state index in [0.717, 1.165) is 16.6 Å². The Balaban J connectivity index is 2.29. The van der Waals surface area contributed by atoms with Crippen LogP contribution in [0.1, 0.15) is 0 Å². The van der Waals surface area contributed by atoms with E-state index in [9.17, 15) is 5.11 Å². The molecule has 84 valence electrons. The molecule has 1 aromatic heterocycles. The van der Waals surface area contributed by atoms with Gasteiger partial charge in [0.05, 0.1) is 10.4 Å². The van der Waals surface area contributed by atoms with E-state index in [1.165, 1.54) is 6.07 Å². The minimum Gasteiger partial charge on any atom is -0.506 e. The lowest BCUT2D eigenvalue weighted by atomic mass is 10.1. The van der Waals surface area contributed by atoms with Crippen LogP contribution in [0.25, 0.3) is 22.2 Å². The highest BCUT2D eigenvalue weighted by atomic mass is 35.5. The zero-order chi connectivity index (χ0) is 11.8. The SMILES string of the molecule is Oc1cc2onc(-c3ccccc3)c2cc1Cl. The van der Waals surface area contributed by atoms with Gasteiger partial charge >= 0.3 is 0 Å². The van der Waals surface area contributed by atoms with Crippen molar-refractivity contribution in [2.45, 2.75) is 0 Å². The van der Waals surface area contributed by atoms with Gasteiger partial charge in [0.2, 0.25) is 0 Å². The molecule has 17 heavy (non-hydrogen) atoms. The molecule has 0 bridgehead atoms. The number of phenols is 1. The van der Waals surface area contributed by atoms with Crippen molar-refractivity contribution in [1.82, 2.24) is 5.16 Å². The van der Waals surface area contributed by atoms with Crippen LogP contribution in [0.3, 0.4) is 0 Å². The van der Waals surface area contributed by atoms with Crippen LogP contribution in [0.5, 0.6) is 5.75 Å². The van der Waals surface area contributed by atoms with Gasteiger partial charge in [-0.15, -0.1) is 0 Å². The van der Waals surface area contributed by atoms with Gasteiger partial charge in [0.25, 0.3) is 0 Å². The number of aromatic hydroxyl groups is 1. The molecular formula is C13H8ClNO2. The molecule has 0 spiro atoms. The first-order valence-corrected chi connectivity index (χ1v) is 5.47. The van der Waals surface area contributed by atoms with Crippen LogP contribution in [0.2, 0.25) is 5.02 Å². The highest BCUT2D eigenvalue weighted by Crippen LogP contribution is 2.34. The smallest absolute Gasteiger partial charge is 0.171 e. The normalized spacial score (nSPS) is 10.9. The summed E-state index contributed by atoms with van der Waals surface area (Å²) in [5.74, 6) is -0.00470. The summed E-state index contributed by atoms with van der Waals surface area (Å²) >= 11 is 5.88. The van der Waals surface area contributed by atoms with Crippen molar-refractivity contribution in [3.8, 4) is 17.0 Å². The maximum Gasteiger partial charge on any atom is 0.171 e. The Labute approximate surface area is 102 Å². The number of fused-ring (bicyclic) bond motifs is 1. The van der Waals surface area contributed by atoms with E-state index >= 15 is 0 Å². The Morgan fingerprint density at radius 2 is 1.88 bits per heavy atom. The monoisotopic (exact) mass is 245 g/mol. The Kier molecular flexibility index (Phi) is 2.27. The van der Waals surface area contributed by atoms with Gasteiger partial charge in [-0.25, -0.2) is 0 Å². The zero-order valence-corrected chi connectivity index (χ0v) is 9.48. The second-order valence-corrected chi connectivity index (χ2v) is 4.10. The van der Waals surface area contributed by atoms with Crippen molar-refractivity contribution in [2.24, 2.45) is 0 Å². The first-order valence-electron chi connectivity index (χ1n) is 5.09. The Morgan fingerprint density at radius 1 is 1.12 bits per heavy atom. The highest BCUT2D eigenvalue weighted by Gasteiger charge is 2.12. The first-order chi connectivity index (χ1) is 8.25. The van der Waals surface area contributed by atoms with E-state index < -0.39 is 0 Å². The molecule has 0 saturated carbocycles. The maximum atomic E-state index is 9.48. The number of halogens is 1. The summed E-state index contributed by atoms with van der Waals surface area (Å²) < 4.78 is 5.17. The fourth-order valence-electron chi connectivity index (χ4n) is 1.75. The lowest BCUT2D eigenvalue weighted by Gasteiger charge is -1.97. The van der Waals surface area contributed by atoms with Crippen LogP contribution < -0.4 is 0 Å². The fraction of sp³-hybridized carbons (Fsp3) is 0. The van der Waals surface area contributed by atoms with Gasteiger partial charge < -0.3 is 9.63 Å². The van der Waals surface area contributed by atoms with Gasteiger partial charge in [0, 0.05) is 11.6 Å². The van der Waals surface area contributed by atoms with Crippen LogP contribution >= 0.6 is 11.6 Å². The summed E-state index contributed by atoms with van der Waals surface area (Å²) in [6, 6.07) is 12.8. The van der Waals surface area contributed by atoms with Crippen LogP contribution in [-0.2, 0) is 0 Å². The van der Waals surface area contributed by atoms with E-state index in [2.05, 4.69) is 5.16 Å². The van der Waals surface area contributed by atoms with Gasteiger partial charge in [-0.2, -0.15) is 0 Å². The molecule has 0 aliphatic rings. The Bertz CT molecular complexity index is 676. The molecule has 3 aromatic rings. The molecular weight excluding hydrogens is 238 g/mol. The number of rotatable bonds is 1. The van der Waals surface area contributed by atoms with Crippen LogP contribution in [-0.4, -0.2) is 10.3 Å². The zero-order valence-electron chi connectivity index (χ0n) is 8.72. The number of phenolic OH excluding ortho intramolecular Hbond substituents is 1. The molecule has 2 aromatic carbocycles. The number of nitrogens with zero attached hydrogens (tertiary/aromatic N) is 1. The summed E-state index contributed by atoms with van der Waals surface area (Å²) in [5, 5.41) is 14.6. The van der Waals surface area contributed by atoms with Crippen molar-refractivity contribution in [2.75, 3.05) is 0 Å². The topological polar surface area (TPSA) is 46.3 Å². The molecule has 3 nitrogen and oxygen atoms in total. The molecule has 4 heteroatoms. The molecule has 1 N–H and O–H groups in total. The minimum absolute atomic E-state index is 0.00470. The highest BCUT2D eigenvalue weighted by molar-refractivity contribution is 6.32. The average molecular weight is 246 g/mol. The molecule has 0 aliphatic carbocycles. The van der Waals surface area contributed by atoms with Crippen LogP contribution in [0.15, 0.2) is 47.0 Å². The third kappa shape index (κ3) is 1.65. The quantitative estimate of drug-likeness (QED) is 0.708. The largest absolute Gasteiger partial charge is 0.506 e. The third-order valence-corrected chi connectivity index (χ3v) is 2.89. The van der Waals surface area contributed by atoms with Gasteiger partial charge in [-0.3, -0.25) is 0 Å². The van der Waals surface area contributed by atoms with Crippen LogP contribution in [0, 0.1) is 0 Å². The minimum atomic E-state index is -0.00470. The average Bonchev–Trinajstić information content (AvgIpc) is 2.74. The first kappa shape index (κ1) is 10.2. The summed E-state index contributed by atoms with van der Waals surface area (Å²) in [6.45, 7) is 0.